The number of benzene rings is 2. The molecule has 0 aliphatic heterocycles. The SMILES string of the molecule is Cc1cc(C(O)CCc2sc(-c3ccc(C(F)(F)F)cc3)nc2C(C)C)ccc1OCC(=O)O. The molecule has 0 radical (unpaired) electrons. The summed E-state index contributed by atoms with van der Waals surface area (Å²) in [6.07, 6.45) is -4.14. The van der Waals surface area contributed by atoms with E-state index in [2.05, 4.69) is 4.98 Å². The summed E-state index contributed by atoms with van der Waals surface area (Å²) >= 11 is 1.43. The molecule has 182 valence electrons. The lowest BCUT2D eigenvalue weighted by Crippen LogP contribution is -2.10. The minimum Gasteiger partial charge on any atom is -0.482 e. The second kappa shape index (κ2) is 10.6. The Hall–Kier alpha value is -2.91. The number of aliphatic hydroxyl groups is 1. The number of aryl methyl sites for hydroxylation is 2. The zero-order valence-corrected chi connectivity index (χ0v) is 19.8. The standard InChI is InChI=1S/C25H26F3NO4S/c1-14(2)23-21(34-24(29-23)16-4-7-18(8-5-16)25(26,27)28)11-9-19(30)17-6-10-20(15(3)12-17)33-13-22(31)32/h4-8,10,12,14,19,30H,9,11,13H2,1-3H3,(H,31,32). The monoisotopic (exact) mass is 493 g/mol. The highest BCUT2D eigenvalue weighted by Crippen LogP contribution is 2.36. The van der Waals surface area contributed by atoms with Gasteiger partial charge in [-0.1, -0.05) is 32.0 Å². The van der Waals surface area contributed by atoms with Gasteiger partial charge >= 0.3 is 12.1 Å². The number of rotatable bonds is 9. The van der Waals surface area contributed by atoms with Gasteiger partial charge in [-0.15, -0.1) is 11.3 Å². The first-order valence-electron chi connectivity index (χ1n) is 10.8. The van der Waals surface area contributed by atoms with E-state index in [-0.39, 0.29) is 5.92 Å². The van der Waals surface area contributed by atoms with Crippen LogP contribution in [-0.2, 0) is 17.4 Å². The van der Waals surface area contributed by atoms with Crippen molar-refractivity contribution in [2.45, 2.75) is 51.8 Å². The number of carbonyl (C=O) groups is 1. The molecule has 0 fully saturated rings. The maximum Gasteiger partial charge on any atom is 0.416 e. The molecule has 1 heterocycles. The largest absolute Gasteiger partial charge is 0.482 e. The van der Waals surface area contributed by atoms with Crippen LogP contribution >= 0.6 is 11.3 Å². The third-order valence-corrected chi connectivity index (χ3v) is 6.49. The number of alkyl halides is 3. The molecule has 0 aliphatic rings. The highest BCUT2D eigenvalue weighted by molar-refractivity contribution is 7.15. The molecule has 0 spiro atoms. The van der Waals surface area contributed by atoms with Crippen LogP contribution in [0.25, 0.3) is 10.6 Å². The van der Waals surface area contributed by atoms with Gasteiger partial charge in [0.25, 0.3) is 0 Å². The fourth-order valence-electron chi connectivity index (χ4n) is 3.53. The Morgan fingerprint density at radius 2 is 1.82 bits per heavy atom. The first-order chi connectivity index (χ1) is 16.0. The lowest BCUT2D eigenvalue weighted by molar-refractivity contribution is -0.139. The summed E-state index contributed by atoms with van der Waals surface area (Å²) in [4.78, 5) is 16.3. The molecule has 3 rings (SSSR count). The summed E-state index contributed by atoms with van der Waals surface area (Å²) in [6.45, 7) is 5.35. The van der Waals surface area contributed by atoms with Crippen molar-refractivity contribution >= 4 is 17.3 Å². The lowest BCUT2D eigenvalue weighted by atomic mass is 10.00. The van der Waals surface area contributed by atoms with Gasteiger partial charge in [0.15, 0.2) is 6.61 Å². The van der Waals surface area contributed by atoms with Crippen LogP contribution in [0.5, 0.6) is 5.75 Å². The number of hydrogen-bond acceptors (Lipinski definition) is 5. The smallest absolute Gasteiger partial charge is 0.416 e. The number of aliphatic hydroxyl groups excluding tert-OH is 1. The van der Waals surface area contributed by atoms with Gasteiger partial charge in [0, 0.05) is 10.4 Å². The Bertz CT molecular complexity index is 1140. The minimum atomic E-state index is -4.38. The third-order valence-electron chi connectivity index (χ3n) is 5.31. The molecule has 34 heavy (non-hydrogen) atoms. The van der Waals surface area contributed by atoms with Crippen LogP contribution in [0.1, 0.15) is 59.6 Å². The van der Waals surface area contributed by atoms with E-state index in [1.54, 1.807) is 25.1 Å². The number of carboxylic acids is 1. The lowest BCUT2D eigenvalue weighted by Gasteiger charge is -2.14. The van der Waals surface area contributed by atoms with Gasteiger partial charge in [-0.3, -0.25) is 0 Å². The summed E-state index contributed by atoms with van der Waals surface area (Å²) in [5.74, 6) is -0.492. The van der Waals surface area contributed by atoms with E-state index in [1.807, 2.05) is 13.8 Å². The molecule has 2 aromatic carbocycles. The highest BCUT2D eigenvalue weighted by atomic mass is 32.1. The fraction of sp³-hybridized carbons (Fsp3) is 0.360. The summed E-state index contributed by atoms with van der Waals surface area (Å²) in [6, 6.07) is 10.1. The molecule has 5 nitrogen and oxygen atoms in total. The van der Waals surface area contributed by atoms with Crippen LogP contribution in [0, 0.1) is 6.92 Å². The van der Waals surface area contributed by atoms with E-state index in [0.717, 1.165) is 28.3 Å². The van der Waals surface area contributed by atoms with Gasteiger partial charge in [0.05, 0.1) is 17.4 Å². The summed E-state index contributed by atoms with van der Waals surface area (Å²) in [5, 5.41) is 20.1. The molecule has 0 bridgehead atoms. The number of aliphatic carboxylic acids is 1. The van der Waals surface area contributed by atoms with Crippen LogP contribution in [0.15, 0.2) is 42.5 Å². The van der Waals surface area contributed by atoms with Gasteiger partial charge in [0.1, 0.15) is 10.8 Å². The minimum absolute atomic E-state index is 0.125. The molecule has 0 saturated carbocycles. The molecular formula is C25H26F3NO4S. The van der Waals surface area contributed by atoms with E-state index in [9.17, 15) is 23.1 Å². The molecule has 0 saturated heterocycles. The number of hydrogen-bond donors (Lipinski definition) is 2. The average Bonchev–Trinajstić information content (AvgIpc) is 3.20. The Balaban J connectivity index is 1.73. The van der Waals surface area contributed by atoms with Gasteiger partial charge in [-0.25, -0.2) is 9.78 Å². The fourth-order valence-corrected chi connectivity index (χ4v) is 4.77. The van der Waals surface area contributed by atoms with Crippen molar-refractivity contribution in [1.82, 2.24) is 4.98 Å². The Labute approximate surface area is 199 Å². The van der Waals surface area contributed by atoms with E-state index < -0.39 is 30.4 Å². The van der Waals surface area contributed by atoms with Crippen molar-refractivity contribution in [2.24, 2.45) is 0 Å². The van der Waals surface area contributed by atoms with E-state index in [1.165, 1.54) is 23.5 Å². The van der Waals surface area contributed by atoms with E-state index in [0.29, 0.717) is 34.7 Å². The topological polar surface area (TPSA) is 79.7 Å². The molecule has 3 aromatic rings. The maximum atomic E-state index is 12.9. The van der Waals surface area contributed by atoms with Gasteiger partial charge in [-0.2, -0.15) is 13.2 Å². The molecule has 0 aliphatic carbocycles. The molecule has 1 aromatic heterocycles. The third kappa shape index (κ3) is 6.36. The van der Waals surface area contributed by atoms with Crippen LogP contribution in [0.2, 0.25) is 0 Å². The van der Waals surface area contributed by atoms with Gasteiger partial charge < -0.3 is 14.9 Å². The normalized spacial score (nSPS) is 12.7. The van der Waals surface area contributed by atoms with Crippen LogP contribution in [-0.4, -0.2) is 27.8 Å². The average molecular weight is 494 g/mol. The van der Waals surface area contributed by atoms with E-state index >= 15 is 0 Å². The Kier molecular flexibility index (Phi) is 7.99. The molecule has 9 heteroatoms. The second-order valence-corrected chi connectivity index (χ2v) is 9.40. The summed E-state index contributed by atoms with van der Waals surface area (Å²) < 4.78 is 43.8. The highest BCUT2D eigenvalue weighted by Gasteiger charge is 2.30. The quantitative estimate of drug-likeness (QED) is 0.361. The first-order valence-corrected chi connectivity index (χ1v) is 11.6. The van der Waals surface area contributed by atoms with Crippen LogP contribution in [0.3, 0.4) is 0 Å². The number of aromatic nitrogens is 1. The second-order valence-electron chi connectivity index (χ2n) is 8.32. The molecule has 2 N–H and O–H groups in total. The first kappa shape index (κ1) is 25.7. The van der Waals surface area contributed by atoms with Crippen molar-refractivity contribution < 1.29 is 32.9 Å². The Morgan fingerprint density at radius 3 is 2.38 bits per heavy atom. The number of thiazole rings is 1. The molecule has 1 unspecified atom stereocenters. The Morgan fingerprint density at radius 1 is 1.15 bits per heavy atom. The maximum absolute atomic E-state index is 12.9. The van der Waals surface area contributed by atoms with Gasteiger partial charge in [-0.05, 0) is 61.1 Å². The number of halogens is 3. The predicted octanol–water partition coefficient (Wildman–Crippen LogP) is 6.39. The van der Waals surface area contributed by atoms with Crippen molar-refractivity contribution in [3.8, 4) is 16.3 Å². The molecule has 0 amide bonds. The van der Waals surface area contributed by atoms with Crippen molar-refractivity contribution in [3.05, 3.63) is 69.7 Å². The zero-order valence-electron chi connectivity index (χ0n) is 19.0. The summed E-state index contributed by atoms with van der Waals surface area (Å²) in [7, 11) is 0. The van der Waals surface area contributed by atoms with Crippen molar-refractivity contribution in [3.63, 3.8) is 0 Å². The van der Waals surface area contributed by atoms with Crippen molar-refractivity contribution in [2.75, 3.05) is 6.61 Å². The predicted molar refractivity (Wildman–Crippen MR) is 124 cm³/mol. The van der Waals surface area contributed by atoms with Gasteiger partial charge in [0.2, 0.25) is 0 Å². The summed E-state index contributed by atoms with van der Waals surface area (Å²) in [5.41, 5.74) is 2.22. The molecular weight excluding hydrogens is 467 g/mol. The van der Waals surface area contributed by atoms with E-state index in [4.69, 9.17) is 9.84 Å². The number of ether oxygens (including phenoxy) is 1. The number of carboxylic acid groups (broad SMARTS) is 1. The number of nitrogens with zero attached hydrogens (tertiary/aromatic N) is 1. The van der Waals surface area contributed by atoms with Crippen LogP contribution < -0.4 is 4.74 Å². The van der Waals surface area contributed by atoms with Crippen LogP contribution in [0.4, 0.5) is 13.2 Å². The van der Waals surface area contributed by atoms with Crippen molar-refractivity contribution in [1.29, 1.82) is 0 Å². The molecule has 1 atom stereocenters. The zero-order chi connectivity index (χ0) is 25.0.